The largest absolute Gasteiger partial charge is 0.478 e. The molecule has 1 aromatic rings. The molecular weight excluding hydrogens is 218 g/mol. The molecule has 1 aliphatic heterocycles. The monoisotopic (exact) mass is 235 g/mol. The first-order chi connectivity index (χ1) is 8.00. The van der Waals surface area contributed by atoms with Gasteiger partial charge in [-0.05, 0) is 38.0 Å². The van der Waals surface area contributed by atoms with Crippen LogP contribution in [0.1, 0.15) is 29.8 Å². The van der Waals surface area contributed by atoms with E-state index in [9.17, 15) is 9.90 Å². The summed E-state index contributed by atoms with van der Waals surface area (Å²) in [4.78, 5) is 13.0. The summed E-state index contributed by atoms with van der Waals surface area (Å²) < 4.78 is 0. The molecule has 0 saturated heterocycles. The van der Waals surface area contributed by atoms with E-state index in [4.69, 9.17) is 5.11 Å². The van der Waals surface area contributed by atoms with E-state index in [0.29, 0.717) is 5.56 Å². The third kappa shape index (κ3) is 2.13. The number of aliphatic hydroxyl groups excluding tert-OH is 1. The molecule has 1 aliphatic rings. The van der Waals surface area contributed by atoms with Gasteiger partial charge in [0.2, 0.25) is 0 Å². The highest BCUT2D eigenvalue weighted by Gasteiger charge is 2.26. The Morgan fingerprint density at radius 1 is 1.41 bits per heavy atom. The Morgan fingerprint density at radius 3 is 2.71 bits per heavy atom. The Morgan fingerprint density at radius 2 is 2.12 bits per heavy atom. The van der Waals surface area contributed by atoms with Crippen molar-refractivity contribution in [3.63, 3.8) is 0 Å². The molecule has 0 bridgehead atoms. The van der Waals surface area contributed by atoms with Crippen LogP contribution in [-0.4, -0.2) is 34.9 Å². The second-order valence-corrected chi connectivity index (χ2v) is 4.57. The number of aromatic carboxylic acids is 1. The standard InChI is InChI=1S/C13H17NO3/c1-8(9(2)15)14-6-5-10-3-4-11(13(16)17)7-12(10)14/h3-4,7-9,15H,5-6H2,1-2H3,(H,16,17). The smallest absolute Gasteiger partial charge is 0.335 e. The zero-order chi connectivity index (χ0) is 12.6. The van der Waals surface area contributed by atoms with Gasteiger partial charge in [0, 0.05) is 12.2 Å². The van der Waals surface area contributed by atoms with Crippen molar-refractivity contribution in [1.29, 1.82) is 0 Å². The maximum Gasteiger partial charge on any atom is 0.335 e. The number of nitrogens with zero attached hydrogens (tertiary/aromatic N) is 1. The summed E-state index contributed by atoms with van der Waals surface area (Å²) in [6.45, 7) is 4.54. The normalized spacial score (nSPS) is 17.7. The Balaban J connectivity index is 2.35. The van der Waals surface area contributed by atoms with Gasteiger partial charge in [-0.1, -0.05) is 6.07 Å². The molecule has 17 heavy (non-hydrogen) atoms. The Bertz CT molecular complexity index is 442. The minimum absolute atomic E-state index is 0.000273. The lowest BCUT2D eigenvalue weighted by molar-refractivity contribution is 0.0697. The van der Waals surface area contributed by atoms with Crippen molar-refractivity contribution in [3.05, 3.63) is 29.3 Å². The van der Waals surface area contributed by atoms with E-state index in [1.54, 1.807) is 19.1 Å². The molecule has 0 saturated carbocycles. The van der Waals surface area contributed by atoms with Crippen LogP contribution in [0.5, 0.6) is 0 Å². The van der Waals surface area contributed by atoms with Crippen molar-refractivity contribution in [2.24, 2.45) is 0 Å². The fourth-order valence-electron chi connectivity index (χ4n) is 2.22. The van der Waals surface area contributed by atoms with E-state index in [1.807, 2.05) is 13.0 Å². The van der Waals surface area contributed by atoms with Gasteiger partial charge >= 0.3 is 5.97 Å². The second kappa shape index (κ2) is 4.37. The van der Waals surface area contributed by atoms with Crippen molar-refractivity contribution in [2.45, 2.75) is 32.4 Å². The topological polar surface area (TPSA) is 60.8 Å². The number of hydrogen-bond acceptors (Lipinski definition) is 3. The minimum Gasteiger partial charge on any atom is -0.478 e. The number of rotatable bonds is 3. The number of fused-ring (bicyclic) bond motifs is 1. The predicted octanol–water partition coefficient (Wildman–Crippen LogP) is 1.52. The molecule has 2 N–H and O–H groups in total. The molecule has 0 aliphatic carbocycles. The van der Waals surface area contributed by atoms with Gasteiger partial charge in [-0.25, -0.2) is 4.79 Å². The van der Waals surface area contributed by atoms with Gasteiger partial charge in [0.1, 0.15) is 0 Å². The van der Waals surface area contributed by atoms with Gasteiger partial charge in [0.05, 0.1) is 17.7 Å². The van der Waals surface area contributed by atoms with Crippen LogP contribution in [0.25, 0.3) is 0 Å². The van der Waals surface area contributed by atoms with Crippen LogP contribution >= 0.6 is 0 Å². The van der Waals surface area contributed by atoms with Gasteiger partial charge in [0.15, 0.2) is 0 Å². The highest BCUT2D eigenvalue weighted by atomic mass is 16.4. The molecule has 1 aromatic carbocycles. The van der Waals surface area contributed by atoms with Crippen LogP contribution in [0.15, 0.2) is 18.2 Å². The van der Waals surface area contributed by atoms with Gasteiger partial charge in [-0.15, -0.1) is 0 Å². The lowest BCUT2D eigenvalue weighted by Gasteiger charge is -2.29. The van der Waals surface area contributed by atoms with Gasteiger partial charge in [-0.3, -0.25) is 0 Å². The average molecular weight is 235 g/mol. The van der Waals surface area contributed by atoms with E-state index in [-0.39, 0.29) is 6.04 Å². The van der Waals surface area contributed by atoms with E-state index >= 15 is 0 Å². The van der Waals surface area contributed by atoms with Crippen molar-refractivity contribution >= 4 is 11.7 Å². The van der Waals surface area contributed by atoms with Gasteiger partial charge in [0.25, 0.3) is 0 Å². The number of carboxylic acids is 1. The summed E-state index contributed by atoms with van der Waals surface area (Å²) in [5.74, 6) is -0.913. The average Bonchev–Trinajstić information content (AvgIpc) is 2.70. The lowest BCUT2D eigenvalue weighted by Crippen LogP contribution is -2.39. The minimum atomic E-state index is -0.913. The number of carbonyl (C=O) groups is 1. The van der Waals surface area contributed by atoms with Crippen LogP contribution in [-0.2, 0) is 6.42 Å². The summed E-state index contributed by atoms with van der Waals surface area (Å²) in [5.41, 5.74) is 2.40. The van der Waals surface area contributed by atoms with E-state index in [0.717, 1.165) is 24.2 Å². The van der Waals surface area contributed by atoms with Crippen molar-refractivity contribution in [3.8, 4) is 0 Å². The Hall–Kier alpha value is -1.55. The second-order valence-electron chi connectivity index (χ2n) is 4.57. The zero-order valence-electron chi connectivity index (χ0n) is 10.1. The molecule has 0 spiro atoms. The van der Waals surface area contributed by atoms with Gasteiger partial charge < -0.3 is 15.1 Å². The maximum absolute atomic E-state index is 10.9. The summed E-state index contributed by atoms with van der Waals surface area (Å²) in [6.07, 6.45) is 0.473. The van der Waals surface area contributed by atoms with Crippen molar-refractivity contribution in [1.82, 2.24) is 0 Å². The molecule has 0 fully saturated rings. The molecule has 92 valence electrons. The number of hydrogen-bond donors (Lipinski definition) is 2. The van der Waals surface area contributed by atoms with Crippen molar-refractivity contribution in [2.75, 3.05) is 11.4 Å². The van der Waals surface area contributed by atoms with Crippen LogP contribution in [0.2, 0.25) is 0 Å². The molecule has 2 atom stereocenters. The predicted molar refractivity (Wildman–Crippen MR) is 65.6 cm³/mol. The third-order valence-corrected chi connectivity index (χ3v) is 3.45. The summed E-state index contributed by atoms with van der Waals surface area (Å²) >= 11 is 0. The Labute approximate surface area is 100 Å². The molecule has 0 aromatic heterocycles. The van der Waals surface area contributed by atoms with Gasteiger partial charge in [-0.2, -0.15) is 0 Å². The molecule has 4 heteroatoms. The molecule has 2 unspecified atom stereocenters. The maximum atomic E-state index is 10.9. The Kier molecular flexibility index (Phi) is 3.07. The summed E-state index contributed by atoms with van der Waals surface area (Å²) in [6, 6.07) is 5.20. The molecular formula is C13H17NO3. The van der Waals surface area contributed by atoms with Crippen LogP contribution in [0.4, 0.5) is 5.69 Å². The number of benzene rings is 1. The quantitative estimate of drug-likeness (QED) is 0.833. The molecule has 1 heterocycles. The number of carboxylic acid groups (broad SMARTS) is 1. The van der Waals surface area contributed by atoms with E-state index in [2.05, 4.69) is 4.90 Å². The lowest BCUT2D eigenvalue weighted by atomic mass is 10.1. The first-order valence-electron chi connectivity index (χ1n) is 5.81. The summed E-state index contributed by atoms with van der Waals surface area (Å²) in [5, 5.41) is 18.6. The van der Waals surface area contributed by atoms with E-state index < -0.39 is 12.1 Å². The molecule has 0 amide bonds. The first-order valence-corrected chi connectivity index (χ1v) is 5.81. The zero-order valence-corrected chi connectivity index (χ0v) is 10.1. The first kappa shape index (κ1) is 11.9. The highest BCUT2D eigenvalue weighted by molar-refractivity contribution is 5.89. The third-order valence-electron chi connectivity index (χ3n) is 3.45. The highest BCUT2D eigenvalue weighted by Crippen LogP contribution is 2.31. The molecule has 0 radical (unpaired) electrons. The number of anilines is 1. The van der Waals surface area contributed by atoms with Crippen LogP contribution < -0.4 is 4.90 Å². The van der Waals surface area contributed by atoms with Crippen LogP contribution in [0, 0.1) is 0 Å². The van der Waals surface area contributed by atoms with Crippen LogP contribution in [0.3, 0.4) is 0 Å². The molecule has 2 rings (SSSR count). The fraction of sp³-hybridized carbons (Fsp3) is 0.462. The molecule has 4 nitrogen and oxygen atoms in total. The number of aliphatic hydroxyl groups is 1. The van der Waals surface area contributed by atoms with Crippen molar-refractivity contribution < 1.29 is 15.0 Å². The van der Waals surface area contributed by atoms with E-state index in [1.165, 1.54) is 0 Å². The summed E-state index contributed by atoms with van der Waals surface area (Å²) in [7, 11) is 0. The fourth-order valence-corrected chi connectivity index (χ4v) is 2.22. The SMILES string of the molecule is CC(O)C(C)N1CCc2ccc(C(=O)O)cc21.